The fourth-order valence-electron chi connectivity index (χ4n) is 3.13. The van der Waals surface area contributed by atoms with Gasteiger partial charge in [0, 0.05) is 35.7 Å². The number of aromatic nitrogens is 3. The summed E-state index contributed by atoms with van der Waals surface area (Å²) in [5.74, 6) is 3.39. The summed E-state index contributed by atoms with van der Waals surface area (Å²) in [7, 11) is 3.52. The van der Waals surface area contributed by atoms with E-state index in [1.807, 2.05) is 53.8 Å². The fourth-order valence-corrected chi connectivity index (χ4v) is 4.17. The molecule has 1 aliphatic rings. The van der Waals surface area contributed by atoms with Crippen LogP contribution in [-0.2, 0) is 29.9 Å². The number of carbonyl (C=O) groups is 1. The molecule has 24 heavy (non-hydrogen) atoms. The smallest absolute Gasteiger partial charge is 0.245 e. The average Bonchev–Trinajstić information content (AvgIpc) is 3.25. The van der Waals surface area contributed by atoms with Crippen LogP contribution in [0.2, 0.25) is 0 Å². The Hall–Kier alpha value is -2.41. The number of aryl methyl sites for hydroxylation is 1. The molecule has 0 fully saturated rings. The summed E-state index contributed by atoms with van der Waals surface area (Å²) in [6, 6.07) is 7.81. The Bertz CT molecular complexity index is 928. The van der Waals surface area contributed by atoms with Crippen molar-refractivity contribution in [2.45, 2.75) is 18.1 Å². The van der Waals surface area contributed by atoms with Gasteiger partial charge in [-0.3, -0.25) is 9.48 Å². The maximum absolute atomic E-state index is 12.5. The Kier molecular flexibility index (Phi) is 3.72. The second kappa shape index (κ2) is 5.90. The number of hydrogen-bond acceptors (Lipinski definition) is 4. The van der Waals surface area contributed by atoms with E-state index in [9.17, 15) is 4.79 Å². The summed E-state index contributed by atoms with van der Waals surface area (Å²) in [6.45, 7) is 0.254. The predicted octanol–water partition coefficient (Wildman–Crippen LogP) is 2.77. The molecule has 0 saturated heterocycles. The molecule has 0 spiro atoms. The highest BCUT2D eigenvalue weighted by Crippen LogP contribution is 2.34. The molecule has 6 nitrogen and oxygen atoms in total. The summed E-state index contributed by atoms with van der Waals surface area (Å²) < 4.78 is 9.06. The third kappa shape index (κ3) is 2.45. The van der Waals surface area contributed by atoms with Crippen LogP contribution < -0.4 is 10.1 Å². The molecule has 1 aliphatic heterocycles. The van der Waals surface area contributed by atoms with E-state index in [4.69, 9.17) is 4.74 Å². The van der Waals surface area contributed by atoms with Crippen molar-refractivity contribution in [3.05, 3.63) is 41.7 Å². The summed E-state index contributed by atoms with van der Waals surface area (Å²) in [6.07, 6.45) is 1.91. The van der Waals surface area contributed by atoms with E-state index in [2.05, 4.69) is 10.4 Å². The minimum Gasteiger partial charge on any atom is -0.496 e. The monoisotopic (exact) mass is 342 g/mol. The Morgan fingerprint density at radius 3 is 3.08 bits per heavy atom. The van der Waals surface area contributed by atoms with Gasteiger partial charge in [0.05, 0.1) is 18.3 Å². The lowest BCUT2D eigenvalue weighted by Gasteiger charge is -2.09. The largest absolute Gasteiger partial charge is 0.496 e. The quantitative estimate of drug-likeness (QED) is 0.792. The number of anilines is 1. The van der Waals surface area contributed by atoms with Crippen molar-refractivity contribution in [3.8, 4) is 5.75 Å². The molecule has 0 aliphatic carbocycles. The van der Waals surface area contributed by atoms with Crippen LogP contribution >= 0.6 is 11.8 Å². The van der Waals surface area contributed by atoms with E-state index < -0.39 is 0 Å². The minimum atomic E-state index is -0.0574. The number of thioether (sulfide) groups is 1. The second-order valence-electron chi connectivity index (χ2n) is 5.78. The highest BCUT2D eigenvalue weighted by Gasteiger charge is 2.22. The van der Waals surface area contributed by atoms with Crippen molar-refractivity contribution in [3.63, 3.8) is 0 Å². The first kappa shape index (κ1) is 15.1. The van der Waals surface area contributed by atoms with E-state index in [0.29, 0.717) is 0 Å². The van der Waals surface area contributed by atoms with Gasteiger partial charge in [-0.2, -0.15) is 16.9 Å². The number of rotatable bonds is 4. The number of benzene rings is 1. The number of ether oxygens (including phenoxy) is 1. The van der Waals surface area contributed by atoms with Crippen LogP contribution in [0.1, 0.15) is 11.3 Å². The lowest BCUT2D eigenvalue weighted by Crippen LogP contribution is -2.20. The average molecular weight is 342 g/mol. The van der Waals surface area contributed by atoms with E-state index in [-0.39, 0.29) is 12.5 Å². The zero-order valence-corrected chi connectivity index (χ0v) is 14.4. The summed E-state index contributed by atoms with van der Waals surface area (Å²) in [5, 5.41) is 8.50. The molecule has 7 heteroatoms. The topological polar surface area (TPSA) is 61.1 Å². The van der Waals surface area contributed by atoms with E-state index in [1.165, 1.54) is 0 Å². The van der Waals surface area contributed by atoms with Crippen LogP contribution in [0.15, 0.2) is 30.5 Å². The SMILES string of the molecule is COc1cccc2c1ccn2CC(=O)Nc1c2c(nn1C)CSC2. The molecule has 1 N–H and O–H groups in total. The minimum absolute atomic E-state index is 0.0574. The molecule has 0 unspecified atom stereocenters. The van der Waals surface area contributed by atoms with Gasteiger partial charge in [-0.05, 0) is 18.2 Å². The van der Waals surface area contributed by atoms with Gasteiger partial charge < -0.3 is 14.6 Å². The van der Waals surface area contributed by atoms with Gasteiger partial charge in [0.15, 0.2) is 0 Å². The number of carbonyl (C=O) groups excluding carboxylic acids is 1. The first-order chi connectivity index (χ1) is 11.7. The molecule has 3 aromatic rings. The summed E-state index contributed by atoms with van der Waals surface area (Å²) >= 11 is 1.82. The first-order valence-corrected chi connectivity index (χ1v) is 8.87. The molecule has 1 aromatic carbocycles. The maximum Gasteiger partial charge on any atom is 0.245 e. The number of nitrogens with zero attached hydrogens (tertiary/aromatic N) is 3. The number of amides is 1. The van der Waals surface area contributed by atoms with Crippen molar-refractivity contribution in [2.24, 2.45) is 7.05 Å². The second-order valence-corrected chi connectivity index (χ2v) is 6.76. The van der Waals surface area contributed by atoms with Crippen LogP contribution in [0.4, 0.5) is 5.82 Å². The van der Waals surface area contributed by atoms with E-state index in [0.717, 1.165) is 45.2 Å². The molecule has 2 aromatic heterocycles. The van der Waals surface area contributed by atoms with E-state index in [1.54, 1.807) is 11.8 Å². The third-order valence-corrected chi connectivity index (χ3v) is 5.25. The van der Waals surface area contributed by atoms with Gasteiger partial charge in [-0.25, -0.2) is 0 Å². The zero-order chi connectivity index (χ0) is 16.7. The van der Waals surface area contributed by atoms with Gasteiger partial charge >= 0.3 is 0 Å². The van der Waals surface area contributed by atoms with Crippen molar-refractivity contribution >= 4 is 34.4 Å². The molecular formula is C17H18N4O2S. The number of fused-ring (bicyclic) bond motifs is 2. The summed E-state index contributed by atoms with van der Waals surface area (Å²) in [5.41, 5.74) is 3.21. The predicted molar refractivity (Wildman–Crippen MR) is 95.3 cm³/mol. The van der Waals surface area contributed by atoms with Gasteiger partial charge in [-0.1, -0.05) is 6.07 Å². The van der Waals surface area contributed by atoms with E-state index >= 15 is 0 Å². The van der Waals surface area contributed by atoms with Crippen LogP contribution in [0.5, 0.6) is 5.75 Å². The van der Waals surface area contributed by atoms with Crippen molar-refractivity contribution in [2.75, 3.05) is 12.4 Å². The highest BCUT2D eigenvalue weighted by atomic mass is 32.2. The molecule has 1 amide bonds. The van der Waals surface area contributed by atoms with Gasteiger partial charge in [0.2, 0.25) is 5.91 Å². The lowest BCUT2D eigenvalue weighted by molar-refractivity contribution is -0.116. The highest BCUT2D eigenvalue weighted by molar-refractivity contribution is 7.98. The molecular weight excluding hydrogens is 324 g/mol. The molecule has 3 heterocycles. The number of methoxy groups -OCH3 is 1. The maximum atomic E-state index is 12.5. The number of hydrogen-bond donors (Lipinski definition) is 1. The molecule has 0 atom stereocenters. The standard InChI is InChI=1S/C17H18N4O2S/c1-20-17(12-9-24-10-13(12)19-20)18-16(22)8-21-7-6-11-14(21)4-3-5-15(11)23-2/h3-7H,8-10H2,1-2H3,(H,18,22). The van der Waals surface area contributed by atoms with Gasteiger partial charge in [-0.15, -0.1) is 0 Å². The fraction of sp³-hybridized carbons (Fsp3) is 0.294. The van der Waals surface area contributed by atoms with Crippen LogP contribution in [0.25, 0.3) is 10.9 Å². The molecule has 0 saturated carbocycles. The van der Waals surface area contributed by atoms with Crippen LogP contribution in [0.3, 0.4) is 0 Å². The lowest BCUT2D eigenvalue weighted by atomic mass is 10.2. The molecule has 124 valence electrons. The third-order valence-electron chi connectivity index (χ3n) is 4.28. The Morgan fingerprint density at radius 2 is 2.25 bits per heavy atom. The molecule has 4 rings (SSSR count). The Labute approximate surface area is 143 Å². The number of nitrogens with one attached hydrogen (secondary N) is 1. The van der Waals surface area contributed by atoms with Crippen molar-refractivity contribution in [1.29, 1.82) is 0 Å². The van der Waals surface area contributed by atoms with Gasteiger partial charge in [0.25, 0.3) is 0 Å². The Morgan fingerprint density at radius 1 is 1.38 bits per heavy atom. The van der Waals surface area contributed by atoms with Crippen molar-refractivity contribution in [1.82, 2.24) is 14.3 Å². The first-order valence-electron chi connectivity index (χ1n) is 7.71. The Balaban J connectivity index is 1.57. The molecule has 0 bridgehead atoms. The van der Waals surface area contributed by atoms with Crippen LogP contribution in [0, 0.1) is 0 Å². The zero-order valence-electron chi connectivity index (χ0n) is 13.6. The van der Waals surface area contributed by atoms with Crippen LogP contribution in [-0.4, -0.2) is 27.4 Å². The molecule has 0 radical (unpaired) electrons. The summed E-state index contributed by atoms with van der Waals surface area (Å²) in [4.78, 5) is 12.5. The van der Waals surface area contributed by atoms with Crippen molar-refractivity contribution < 1.29 is 9.53 Å². The van der Waals surface area contributed by atoms with Gasteiger partial charge in [0.1, 0.15) is 18.1 Å². The normalized spacial score (nSPS) is 13.2.